The molecular weight excluding hydrogens is 304 g/mol. The normalized spacial score (nSPS) is 10.5. The van der Waals surface area contributed by atoms with Gasteiger partial charge in [-0.3, -0.25) is 14.7 Å². The van der Waals surface area contributed by atoms with E-state index in [4.69, 9.17) is 0 Å². The molecule has 0 aliphatic carbocycles. The van der Waals surface area contributed by atoms with E-state index >= 15 is 0 Å². The summed E-state index contributed by atoms with van der Waals surface area (Å²) in [6.45, 7) is 2.35. The number of aromatic amines is 1. The highest BCUT2D eigenvalue weighted by Gasteiger charge is 2.14. The van der Waals surface area contributed by atoms with Crippen LogP contribution in [0.3, 0.4) is 0 Å². The first-order valence-corrected chi connectivity index (χ1v) is 7.67. The number of benzene rings is 2. The van der Waals surface area contributed by atoms with Crippen LogP contribution in [0.15, 0.2) is 48.5 Å². The van der Waals surface area contributed by atoms with Crippen molar-refractivity contribution in [3.8, 4) is 0 Å². The highest BCUT2D eigenvalue weighted by atomic mass is 16.2. The average molecular weight is 322 g/mol. The summed E-state index contributed by atoms with van der Waals surface area (Å²) < 4.78 is 0. The minimum absolute atomic E-state index is 0.0914. The number of amides is 2. The van der Waals surface area contributed by atoms with Gasteiger partial charge < -0.3 is 10.6 Å². The number of hydrogen-bond acceptors (Lipinski definition) is 3. The summed E-state index contributed by atoms with van der Waals surface area (Å²) >= 11 is 0. The molecule has 1 aromatic heterocycles. The van der Waals surface area contributed by atoms with Crippen LogP contribution in [0.4, 0.5) is 0 Å². The summed E-state index contributed by atoms with van der Waals surface area (Å²) in [4.78, 5) is 24.0. The third-order valence-electron chi connectivity index (χ3n) is 3.71. The van der Waals surface area contributed by atoms with Gasteiger partial charge in [-0.25, -0.2) is 0 Å². The molecule has 0 fully saturated rings. The highest BCUT2D eigenvalue weighted by molar-refractivity contribution is 6.05. The highest BCUT2D eigenvalue weighted by Crippen LogP contribution is 2.14. The Labute approximate surface area is 139 Å². The molecule has 0 spiro atoms. The zero-order valence-electron chi connectivity index (χ0n) is 13.3. The van der Waals surface area contributed by atoms with Crippen molar-refractivity contribution in [2.75, 3.05) is 6.54 Å². The molecule has 0 bridgehead atoms. The number of H-pyrrole nitrogens is 1. The molecule has 0 saturated heterocycles. The molecule has 6 nitrogen and oxygen atoms in total. The van der Waals surface area contributed by atoms with E-state index in [1.54, 1.807) is 0 Å². The Balaban J connectivity index is 1.52. The lowest BCUT2D eigenvalue weighted by Gasteiger charge is -2.06. The molecule has 0 radical (unpaired) electrons. The predicted octanol–water partition coefficient (Wildman–Crippen LogP) is 1.92. The molecule has 2 aromatic carbocycles. The van der Waals surface area contributed by atoms with Crippen molar-refractivity contribution < 1.29 is 9.59 Å². The Bertz CT molecular complexity index is 868. The van der Waals surface area contributed by atoms with E-state index in [-0.39, 0.29) is 24.1 Å². The van der Waals surface area contributed by atoms with Gasteiger partial charge >= 0.3 is 0 Å². The fourth-order valence-electron chi connectivity index (χ4n) is 2.35. The number of nitrogens with one attached hydrogen (secondary N) is 3. The molecule has 122 valence electrons. The van der Waals surface area contributed by atoms with Crippen LogP contribution >= 0.6 is 0 Å². The van der Waals surface area contributed by atoms with Crippen LogP contribution in [0.1, 0.15) is 21.6 Å². The number of nitrogens with zero attached hydrogens (tertiary/aromatic N) is 1. The number of carbonyl (C=O) groups is 2. The lowest BCUT2D eigenvalue weighted by Crippen LogP contribution is -2.36. The van der Waals surface area contributed by atoms with Crippen LogP contribution < -0.4 is 10.6 Å². The number of aryl methyl sites for hydroxylation is 1. The standard InChI is InChI=1S/C18H18N4O2/c1-12-6-8-13(9-7-12)10-19-16(23)11-20-18(24)17-14-4-2-3-5-15(14)21-22-17/h2-9H,10-11H2,1H3,(H,19,23)(H,20,24)(H,21,22). The van der Waals surface area contributed by atoms with E-state index in [1.807, 2.05) is 55.5 Å². The number of fused-ring (bicyclic) bond motifs is 1. The van der Waals surface area contributed by atoms with E-state index in [9.17, 15) is 9.59 Å². The largest absolute Gasteiger partial charge is 0.350 e. The monoisotopic (exact) mass is 322 g/mol. The first-order chi connectivity index (χ1) is 11.6. The van der Waals surface area contributed by atoms with E-state index in [2.05, 4.69) is 20.8 Å². The molecule has 6 heteroatoms. The van der Waals surface area contributed by atoms with Gasteiger partial charge in [0.05, 0.1) is 12.1 Å². The minimum Gasteiger partial charge on any atom is -0.350 e. The predicted molar refractivity (Wildman–Crippen MR) is 91.5 cm³/mol. The van der Waals surface area contributed by atoms with Crippen molar-refractivity contribution in [1.82, 2.24) is 20.8 Å². The van der Waals surface area contributed by atoms with Gasteiger partial charge in [-0.05, 0) is 18.6 Å². The second-order valence-corrected chi connectivity index (χ2v) is 5.56. The van der Waals surface area contributed by atoms with Crippen LogP contribution in [-0.2, 0) is 11.3 Å². The number of rotatable bonds is 5. The summed E-state index contributed by atoms with van der Waals surface area (Å²) in [5.74, 6) is -0.623. The van der Waals surface area contributed by atoms with Crippen molar-refractivity contribution in [1.29, 1.82) is 0 Å². The van der Waals surface area contributed by atoms with Gasteiger partial charge in [0.15, 0.2) is 5.69 Å². The van der Waals surface area contributed by atoms with E-state index in [1.165, 1.54) is 5.56 Å². The van der Waals surface area contributed by atoms with Crippen LogP contribution in [-0.4, -0.2) is 28.6 Å². The molecule has 0 unspecified atom stereocenters. The van der Waals surface area contributed by atoms with Crippen molar-refractivity contribution in [2.45, 2.75) is 13.5 Å². The molecule has 0 aliphatic heterocycles. The van der Waals surface area contributed by atoms with Crippen LogP contribution in [0.2, 0.25) is 0 Å². The minimum atomic E-state index is -0.377. The summed E-state index contributed by atoms with van der Waals surface area (Å²) in [5.41, 5.74) is 3.26. The molecule has 24 heavy (non-hydrogen) atoms. The molecule has 2 amide bonds. The maximum Gasteiger partial charge on any atom is 0.272 e. The van der Waals surface area contributed by atoms with Gasteiger partial charge in [0.25, 0.3) is 5.91 Å². The van der Waals surface area contributed by atoms with Gasteiger partial charge in [0.1, 0.15) is 0 Å². The summed E-state index contributed by atoms with van der Waals surface area (Å²) in [6.07, 6.45) is 0. The molecular formula is C18H18N4O2. The van der Waals surface area contributed by atoms with E-state index < -0.39 is 0 Å². The third kappa shape index (κ3) is 3.60. The van der Waals surface area contributed by atoms with Crippen molar-refractivity contribution in [3.05, 3.63) is 65.4 Å². The van der Waals surface area contributed by atoms with Gasteiger partial charge in [-0.1, -0.05) is 48.0 Å². The second kappa shape index (κ2) is 6.95. The lowest BCUT2D eigenvalue weighted by molar-refractivity contribution is -0.120. The average Bonchev–Trinajstić information content (AvgIpc) is 3.03. The van der Waals surface area contributed by atoms with Crippen molar-refractivity contribution >= 4 is 22.7 Å². The smallest absolute Gasteiger partial charge is 0.272 e. The van der Waals surface area contributed by atoms with Gasteiger partial charge in [-0.2, -0.15) is 5.10 Å². The fraction of sp³-hybridized carbons (Fsp3) is 0.167. The Morgan fingerprint density at radius 1 is 1.04 bits per heavy atom. The zero-order chi connectivity index (χ0) is 16.9. The number of aromatic nitrogens is 2. The molecule has 3 N–H and O–H groups in total. The molecule has 3 rings (SSSR count). The topological polar surface area (TPSA) is 86.9 Å². The third-order valence-corrected chi connectivity index (χ3v) is 3.71. The number of hydrogen-bond donors (Lipinski definition) is 3. The van der Waals surface area contributed by atoms with E-state index in [0.29, 0.717) is 6.54 Å². The first kappa shape index (κ1) is 15.7. The number of para-hydroxylation sites is 1. The maximum atomic E-state index is 12.2. The van der Waals surface area contributed by atoms with Crippen LogP contribution in [0.5, 0.6) is 0 Å². The summed E-state index contributed by atoms with van der Waals surface area (Å²) in [5, 5.41) is 12.9. The Hall–Kier alpha value is -3.15. The van der Waals surface area contributed by atoms with Crippen molar-refractivity contribution in [2.24, 2.45) is 0 Å². The van der Waals surface area contributed by atoms with Gasteiger partial charge in [-0.15, -0.1) is 0 Å². The lowest BCUT2D eigenvalue weighted by atomic mass is 10.1. The summed E-state index contributed by atoms with van der Waals surface area (Å²) in [6, 6.07) is 15.3. The van der Waals surface area contributed by atoms with Crippen LogP contribution in [0, 0.1) is 6.92 Å². The van der Waals surface area contributed by atoms with Gasteiger partial charge in [0.2, 0.25) is 5.91 Å². The van der Waals surface area contributed by atoms with E-state index in [0.717, 1.165) is 16.5 Å². The Kier molecular flexibility index (Phi) is 4.56. The molecule has 3 aromatic rings. The second-order valence-electron chi connectivity index (χ2n) is 5.56. The first-order valence-electron chi connectivity index (χ1n) is 7.67. The maximum absolute atomic E-state index is 12.2. The molecule has 1 heterocycles. The zero-order valence-corrected chi connectivity index (χ0v) is 13.3. The van der Waals surface area contributed by atoms with Crippen LogP contribution in [0.25, 0.3) is 10.9 Å². The fourth-order valence-corrected chi connectivity index (χ4v) is 2.35. The molecule has 0 aliphatic rings. The Morgan fingerprint density at radius 2 is 1.79 bits per heavy atom. The number of carbonyl (C=O) groups excluding carboxylic acids is 2. The summed E-state index contributed by atoms with van der Waals surface area (Å²) in [7, 11) is 0. The molecule has 0 atom stereocenters. The molecule has 0 saturated carbocycles. The van der Waals surface area contributed by atoms with Gasteiger partial charge in [0, 0.05) is 11.9 Å². The van der Waals surface area contributed by atoms with Crippen molar-refractivity contribution in [3.63, 3.8) is 0 Å². The quantitative estimate of drug-likeness (QED) is 0.671. The Morgan fingerprint density at radius 3 is 2.58 bits per heavy atom. The SMILES string of the molecule is Cc1ccc(CNC(=O)CNC(=O)c2n[nH]c3ccccc23)cc1.